The lowest BCUT2D eigenvalue weighted by atomic mass is 10.0. The van der Waals surface area contributed by atoms with Gasteiger partial charge in [-0.05, 0) is 50.6 Å². The molecule has 2 aromatic rings. The van der Waals surface area contributed by atoms with Crippen LogP contribution in [0.5, 0.6) is 0 Å². The lowest BCUT2D eigenvalue weighted by Crippen LogP contribution is -2.35. The van der Waals surface area contributed by atoms with Gasteiger partial charge in [-0.15, -0.1) is 0 Å². The molecule has 0 aliphatic rings. The fourth-order valence-electron chi connectivity index (χ4n) is 3.13. The number of ether oxygens (including phenoxy) is 1. The van der Waals surface area contributed by atoms with E-state index in [0.29, 0.717) is 34.6 Å². The molecule has 7 heteroatoms. The Labute approximate surface area is 157 Å². The normalized spacial score (nSPS) is 10.6. The second-order valence-corrected chi connectivity index (χ2v) is 6.23. The average molecular weight is 374 g/mol. The van der Waals surface area contributed by atoms with Gasteiger partial charge in [-0.3, -0.25) is 9.59 Å². The van der Waals surface area contributed by atoms with E-state index < -0.39 is 11.8 Å². The van der Waals surface area contributed by atoms with Crippen LogP contribution in [0.2, 0.25) is 0 Å². The van der Waals surface area contributed by atoms with Crippen LogP contribution < -0.4 is 0 Å². The highest BCUT2D eigenvalue weighted by atomic mass is 19.1. The first-order valence-corrected chi connectivity index (χ1v) is 8.55. The van der Waals surface area contributed by atoms with E-state index >= 15 is 0 Å². The highest BCUT2D eigenvalue weighted by Gasteiger charge is 2.27. The van der Waals surface area contributed by atoms with Gasteiger partial charge in [-0.25, -0.2) is 9.18 Å². The van der Waals surface area contributed by atoms with E-state index in [1.807, 2.05) is 0 Å². The molecule has 0 aliphatic carbocycles. The maximum absolute atomic E-state index is 13.1. The van der Waals surface area contributed by atoms with Gasteiger partial charge in [0.15, 0.2) is 5.78 Å². The molecule has 1 aromatic heterocycles. The van der Waals surface area contributed by atoms with Crippen molar-refractivity contribution in [2.45, 2.75) is 20.8 Å². The Morgan fingerprint density at radius 3 is 2.26 bits per heavy atom. The Morgan fingerprint density at radius 2 is 1.74 bits per heavy atom. The highest BCUT2D eigenvalue weighted by Crippen LogP contribution is 2.23. The van der Waals surface area contributed by atoms with Crippen molar-refractivity contribution in [2.75, 3.05) is 20.2 Å². The number of hydrogen-bond acceptors (Lipinski definition) is 4. The Morgan fingerprint density at radius 1 is 1.15 bits per heavy atom. The Bertz CT molecular complexity index is 884. The third kappa shape index (κ3) is 3.92. The molecule has 1 heterocycles. The topological polar surface area (TPSA) is 68.6 Å². The number of esters is 1. The van der Waals surface area contributed by atoms with E-state index in [2.05, 4.69) is 0 Å². The van der Waals surface area contributed by atoms with Gasteiger partial charge in [0.05, 0.1) is 13.7 Å². The molecule has 0 unspecified atom stereocenters. The molecule has 0 aliphatic heterocycles. The number of rotatable bonds is 6. The summed E-state index contributed by atoms with van der Waals surface area (Å²) in [4.78, 5) is 38.9. The average Bonchev–Trinajstić information content (AvgIpc) is 2.88. The minimum Gasteiger partial charge on any atom is -0.464 e. The van der Waals surface area contributed by atoms with Gasteiger partial charge in [-0.1, -0.05) is 0 Å². The Balaban J connectivity index is 2.31. The molecule has 1 aromatic carbocycles. The molecule has 2 rings (SSSR count). The van der Waals surface area contributed by atoms with Crippen LogP contribution in [-0.4, -0.2) is 47.3 Å². The van der Waals surface area contributed by atoms with Crippen LogP contribution in [-0.2, 0) is 11.8 Å². The zero-order valence-corrected chi connectivity index (χ0v) is 16.1. The maximum Gasteiger partial charge on any atom is 0.354 e. The number of halogens is 1. The SMILES string of the molecule is CCN(CC(=O)c1c(C)c(C(=O)OC)n(C)c1C)C(=O)c1ccc(F)cc1. The van der Waals surface area contributed by atoms with Crippen LogP contribution in [0.25, 0.3) is 0 Å². The zero-order valence-electron chi connectivity index (χ0n) is 16.1. The molecule has 1 amide bonds. The zero-order chi connectivity index (χ0) is 20.3. The quantitative estimate of drug-likeness (QED) is 0.576. The van der Waals surface area contributed by atoms with Crippen LogP contribution in [0.4, 0.5) is 4.39 Å². The van der Waals surface area contributed by atoms with Crippen LogP contribution >= 0.6 is 0 Å². The predicted molar refractivity (Wildman–Crippen MR) is 98.5 cm³/mol. The number of aromatic nitrogens is 1. The predicted octanol–water partition coefficient (Wildman–Crippen LogP) is 2.91. The number of carbonyl (C=O) groups is 3. The summed E-state index contributed by atoms with van der Waals surface area (Å²) in [6.45, 7) is 5.37. The van der Waals surface area contributed by atoms with E-state index in [0.717, 1.165) is 0 Å². The fourth-order valence-corrected chi connectivity index (χ4v) is 3.13. The molecule has 0 spiro atoms. The monoisotopic (exact) mass is 374 g/mol. The molecule has 0 saturated heterocycles. The van der Waals surface area contributed by atoms with E-state index in [-0.39, 0.29) is 18.2 Å². The van der Waals surface area contributed by atoms with Crippen molar-refractivity contribution in [1.29, 1.82) is 0 Å². The van der Waals surface area contributed by atoms with Gasteiger partial charge in [0.25, 0.3) is 5.91 Å². The van der Waals surface area contributed by atoms with Crippen LogP contribution in [0, 0.1) is 19.7 Å². The van der Waals surface area contributed by atoms with Crippen molar-refractivity contribution >= 4 is 17.7 Å². The highest BCUT2D eigenvalue weighted by molar-refractivity contribution is 6.06. The number of hydrogen-bond donors (Lipinski definition) is 0. The van der Waals surface area contributed by atoms with Gasteiger partial charge >= 0.3 is 5.97 Å². The molecular weight excluding hydrogens is 351 g/mol. The first kappa shape index (κ1) is 20.4. The summed E-state index contributed by atoms with van der Waals surface area (Å²) in [5.41, 5.74) is 2.18. The minimum atomic E-state index is -0.521. The number of ketones is 1. The van der Waals surface area contributed by atoms with Gasteiger partial charge in [0.1, 0.15) is 11.5 Å². The summed E-state index contributed by atoms with van der Waals surface area (Å²) in [5, 5.41) is 0. The Kier molecular flexibility index (Phi) is 6.15. The van der Waals surface area contributed by atoms with Crippen molar-refractivity contribution < 1.29 is 23.5 Å². The molecule has 144 valence electrons. The standard InChI is InChI=1S/C20H23FN2O4/c1-6-23(19(25)14-7-9-15(21)10-8-14)11-16(24)17-12(2)18(20(26)27-5)22(4)13(17)3/h7-10H,6,11H2,1-5H3. The van der Waals surface area contributed by atoms with Crippen LogP contribution in [0.3, 0.4) is 0 Å². The smallest absolute Gasteiger partial charge is 0.354 e. The number of methoxy groups -OCH3 is 1. The van der Waals surface area contributed by atoms with Crippen molar-refractivity contribution in [1.82, 2.24) is 9.47 Å². The number of likely N-dealkylation sites (N-methyl/N-ethyl adjacent to an activating group) is 1. The van der Waals surface area contributed by atoms with Crippen molar-refractivity contribution in [3.05, 3.63) is 58.2 Å². The molecule has 27 heavy (non-hydrogen) atoms. The fraction of sp³-hybridized carbons (Fsp3) is 0.350. The number of nitrogens with zero attached hydrogens (tertiary/aromatic N) is 2. The maximum atomic E-state index is 13.1. The first-order valence-electron chi connectivity index (χ1n) is 8.55. The van der Waals surface area contributed by atoms with Gasteiger partial charge in [0.2, 0.25) is 0 Å². The van der Waals surface area contributed by atoms with Crippen molar-refractivity contribution in [3.63, 3.8) is 0 Å². The number of carbonyl (C=O) groups excluding carboxylic acids is 3. The van der Waals surface area contributed by atoms with E-state index in [1.54, 1.807) is 32.4 Å². The van der Waals surface area contributed by atoms with Gasteiger partial charge < -0.3 is 14.2 Å². The second-order valence-electron chi connectivity index (χ2n) is 6.23. The third-order valence-corrected chi connectivity index (χ3v) is 4.68. The molecule has 6 nitrogen and oxygen atoms in total. The molecule has 0 radical (unpaired) electrons. The van der Waals surface area contributed by atoms with Crippen LogP contribution in [0.15, 0.2) is 24.3 Å². The number of Topliss-reactive ketones (excluding diaryl/α,β-unsaturated/α-hetero) is 1. The molecule has 0 N–H and O–H groups in total. The first-order chi connectivity index (χ1) is 12.7. The van der Waals surface area contributed by atoms with E-state index in [1.165, 1.54) is 36.3 Å². The Hall–Kier alpha value is -2.96. The summed E-state index contributed by atoms with van der Waals surface area (Å²) in [6, 6.07) is 5.19. The molecule has 0 atom stereocenters. The summed E-state index contributed by atoms with van der Waals surface area (Å²) in [7, 11) is 2.97. The summed E-state index contributed by atoms with van der Waals surface area (Å²) in [6.07, 6.45) is 0. The van der Waals surface area contributed by atoms with Crippen molar-refractivity contribution in [2.24, 2.45) is 7.05 Å². The number of benzene rings is 1. The van der Waals surface area contributed by atoms with Crippen LogP contribution in [0.1, 0.15) is 49.4 Å². The van der Waals surface area contributed by atoms with Gasteiger partial charge in [0, 0.05) is 30.4 Å². The lowest BCUT2D eigenvalue weighted by Gasteiger charge is -2.20. The largest absolute Gasteiger partial charge is 0.464 e. The second kappa shape index (κ2) is 8.16. The van der Waals surface area contributed by atoms with Gasteiger partial charge in [-0.2, -0.15) is 0 Å². The van der Waals surface area contributed by atoms with Crippen molar-refractivity contribution in [3.8, 4) is 0 Å². The van der Waals surface area contributed by atoms with E-state index in [4.69, 9.17) is 4.74 Å². The third-order valence-electron chi connectivity index (χ3n) is 4.68. The summed E-state index contributed by atoms with van der Waals surface area (Å²) < 4.78 is 19.5. The molecule has 0 bridgehead atoms. The summed E-state index contributed by atoms with van der Waals surface area (Å²) >= 11 is 0. The van der Waals surface area contributed by atoms with E-state index in [9.17, 15) is 18.8 Å². The minimum absolute atomic E-state index is 0.140. The summed E-state index contributed by atoms with van der Waals surface area (Å²) in [5.74, 6) is -1.58. The molecule has 0 fully saturated rings. The molecular formula is C20H23FN2O4. The molecule has 0 saturated carbocycles. The number of amides is 1. The lowest BCUT2D eigenvalue weighted by molar-refractivity contribution is 0.0588.